The quantitative estimate of drug-likeness (QED) is 0.591. The lowest BCUT2D eigenvalue weighted by molar-refractivity contribution is -0.122. The fraction of sp³-hybridized carbons (Fsp3) is 0.333. The Morgan fingerprint density at radius 3 is 2.12 bits per heavy atom. The van der Waals surface area contributed by atoms with E-state index in [1.807, 2.05) is 0 Å². The molecule has 2 amide bonds. The van der Waals surface area contributed by atoms with Gasteiger partial charge in [-0.2, -0.15) is 10.2 Å². The van der Waals surface area contributed by atoms with Crippen molar-refractivity contribution in [2.45, 2.75) is 6.04 Å². The third-order valence-electron chi connectivity index (χ3n) is 3.89. The van der Waals surface area contributed by atoms with E-state index in [0.717, 1.165) is 4.90 Å². The summed E-state index contributed by atoms with van der Waals surface area (Å²) in [6.07, 6.45) is 0. The number of hydrogen-bond acceptors (Lipinski definition) is 8. The molecule has 0 saturated carbocycles. The first-order chi connectivity index (χ1) is 11.5. The third-order valence-corrected chi connectivity index (χ3v) is 3.89. The predicted molar refractivity (Wildman–Crippen MR) is 78.6 cm³/mol. The van der Waals surface area contributed by atoms with Crippen LogP contribution in [0.15, 0.2) is 28.4 Å². The van der Waals surface area contributed by atoms with E-state index < -0.39 is 35.7 Å². The molecule has 0 aliphatic carbocycles. The number of nitrogens with zero attached hydrogens (tertiary/aromatic N) is 3. The van der Waals surface area contributed by atoms with Gasteiger partial charge < -0.3 is 9.47 Å². The molecule has 24 heavy (non-hydrogen) atoms. The summed E-state index contributed by atoms with van der Waals surface area (Å²) in [6, 6.07) is 3.05. The van der Waals surface area contributed by atoms with Crippen molar-refractivity contribution in [1.82, 2.24) is 0 Å². The molecule has 0 aromatic heterocycles. The number of anilines is 1. The van der Waals surface area contributed by atoms with Crippen LogP contribution in [0.2, 0.25) is 0 Å². The number of methoxy groups -OCH3 is 2. The minimum absolute atomic E-state index is 0.0229. The third kappa shape index (κ3) is 2.34. The number of rotatable bonds is 3. The number of carbonyl (C=O) groups excluding carboxylic acids is 4. The average molecular weight is 331 g/mol. The standard InChI is InChI=1S/C15H13N3O6/c1-23-14(21)7-3-8(15(22)24-2)5-9(4-7)18-12(19)10-6-16-17-11(10)13(18)20/h3-5,10-11H,6H2,1-2H3/t10-,11-/m0/s1. The largest absolute Gasteiger partial charge is 0.465 e. The molecule has 0 unspecified atom stereocenters. The lowest BCUT2D eigenvalue weighted by Gasteiger charge is -2.16. The number of fused-ring (bicyclic) bond motifs is 1. The van der Waals surface area contributed by atoms with Crippen LogP contribution >= 0.6 is 0 Å². The summed E-state index contributed by atoms with van der Waals surface area (Å²) in [4.78, 5) is 49.4. The van der Waals surface area contributed by atoms with Crippen LogP contribution in [0, 0.1) is 5.92 Å². The number of esters is 2. The Morgan fingerprint density at radius 1 is 1.04 bits per heavy atom. The van der Waals surface area contributed by atoms with Crippen LogP contribution in [0.3, 0.4) is 0 Å². The van der Waals surface area contributed by atoms with E-state index in [1.54, 1.807) is 0 Å². The van der Waals surface area contributed by atoms with Crippen molar-refractivity contribution >= 4 is 29.4 Å². The van der Waals surface area contributed by atoms with E-state index in [0.29, 0.717) is 0 Å². The summed E-state index contributed by atoms with van der Waals surface area (Å²) in [5.74, 6) is -3.06. The molecule has 9 nitrogen and oxygen atoms in total. The highest BCUT2D eigenvalue weighted by Gasteiger charge is 2.51. The molecule has 9 heteroatoms. The summed E-state index contributed by atoms with van der Waals surface area (Å²) in [5.41, 5.74) is 0.141. The molecule has 1 aromatic carbocycles. The van der Waals surface area contributed by atoms with Gasteiger partial charge in [0, 0.05) is 0 Å². The van der Waals surface area contributed by atoms with Gasteiger partial charge in [-0.05, 0) is 18.2 Å². The monoisotopic (exact) mass is 331 g/mol. The topological polar surface area (TPSA) is 115 Å². The second kappa shape index (κ2) is 5.84. The predicted octanol–water partition coefficient (Wildman–Crippen LogP) is 0.584. The van der Waals surface area contributed by atoms with Gasteiger partial charge in [-0.25, -0.2) is 14.5 Å². The molecule has 1 saturated heterocycles. The Kier molecular flexibility index (Phi) is 3.84. The SMILES string of the molecule is COC(=O)c1cc(C(=O)OC)cc(N2C(=O)[C@H]3CN=N[C@@H]3C2=O)c1. The Balaban J connectivity index is 2.08. The second-order valence-electron chi connectivity index (χ2n) is 5.25. The zero-order valence-electron chi connectivity index (χ0n) is 12.9. The molecular formula is C15H13N3O6. The van der Waals surface area contributed by atoms with E-state index in [1.165, 1.54) is 32.4 Å². The van der Waals surface area contributed by atoms with Gasteiger partial charge >= 0.3 is 11.9 Å². The Hall–Kier alpha value is -3.10. The van der Waals surface area contributed by atoms with Gasteiger partial charge in [0.05, 0.1) is 43.5 Å². The van der Waals surface area contributed by atoms with Gasteiger partial charge in [-0.1, -0.05) is 0 Å². The normalized spacial score (nSPS) is 21.8. The van der Waals surface area contributed by atoms with E-state index in [2.05, 4.69) is 19.7 Å². The van der Waals surface area contributed by atoms with Crippen molar-refractivity contribution in [3.63, 3.8) is 0 Å². The van der Waals surface area contributed by atoms with Gasteiger partial charge in [0.25, 0.3) is 5.91 Å². The van der Waals surface area contributed by atoms with Crippen LogP contribution in [0.4, 0.5) is 5.69 Å². The smallest absolute Gasteiger partial charge is 0.337 e. The van der Waals surface area contributed by atoms with Crippen LogP contribution in [0.1, 0.15) is 20.7 Å². The van der Waals surface area contributed by atoms with Crippen molar-refractivity contribution in [1.29, 1.82) is 0 Å². The van der Waals surface area contributed by atoms with Crippen LogP contribution in [0.25, 0.3) is 0 Å². The summed E-state index contributed by atoms with van der Waals surface area (Å²) in [7, 11) is 2.37. The first-order valence-corrected chi connectivity index (χ1v) is 7.04. The Labute approximate surface area is 136 Å². The number of hydrogen-bond donors (Lipinski definition) is 0. The number of carbonyl (C=O) groups is 4. The minimum atomic E-state index is -0.846. The molecule has 1 aromatic rings. The molecule has 0 N–H and O–H groups in total. The fourth-order valence-corrected chi connectivity index (χ4v) is 2.71. The molecule has 0 spiro atoms. The highest BCUT2D eigenvalue weighted by atomic mass is 16.5. The van der Waals surface area contributed by atoms with Crippen molar-refractivity contribution in [2.75, 3.05) is 25.7 Å². The van der Waals surface area contributed by atoms with Crippen molar-refractivity contribution < 1.29 is 28.7 Å². The molecule has 2 aliphatic rings. The number of imide groups is 1. The fourth-order valence-electron chi connectivity index (χ4n) is 2.71. The van der Waals surface area contributed by atoms with Gasteiger partial charge in [0.1, 0.15) is 0 Å². The maximum atomic E-state index is 12.5. The average Bonchev–Trinajstić information content (AvgIpc) is 3.17. The lowest BCUT2D eigenvalue weighted by atomic mass is 10.1. The highest BCUT2D eigenvalue weighted by molar-refractivity contribution is 6.24. The summed E-state index contributed by atoms with van der Waals surface area (Å²) in [5, 5.41) is 7.51. The van der Waals surface area contributed by atoms with Crippen LogP contribution in [-0.2, 0) is 19.1 Å². The summed E-state index contributed by atoms with van der Waals surface area (Å²) >= 11 is 0. The number of azo groups is 1. The zero-order valence-corrected chi connectivity index (χ0v) is 12.9. The van der Waals surface area contributed by atoms with E-state index in [-0.39, 0.29) is 23.4 Å². The molecule has 124 valence electrons. The maximum absolute atomic E-state index is 12.5. The molecule has 2 atom stereocenters. The van der Waals surface area contributed by atoms with Gasteiger partial charge in [-0.3, -0.25) is 9.59 Å². The molecule has 2 aliphatic heterocycles. The second-order valence-corrected chi connectivity index (χ2v) is 5.25. The van der Waals surface area contributed by atoms with E-state index in [4.69, 9.17) is 0 Å². The first-order valence-electron chi connectivity index (χ1n) is 7.04. The molecular weight excluding hydrogens is 318 g/mol. The highest BCUT2D eigenvalue weighted by Crippen LogP contribution is 2.33. The molecule has 3 rings (SSSR count). The number of ether oxygens (including phenoxy) is 2. The summed E-state index contributed by atoms with van der Waals surface area (Å²) in [6.45, 7) is 0.145. The molecule has 1 fully saturated rings. The lowest BCUT2D eigenvalue weighted by Crippen LogP contribution is -2.32. The Morgan fingerprint density at radius 2 is 1.62 bits per heavy atom. The van der Waals surface area contributed by atoms with Crippen LogP contribution in [0.5, 0.6) is 0 Å². The molecule has 0 bridgehead atoms. The Bertz CT molecular complexity index is 753. The summed E-state index contributed by atoms with van der Waals surface area (Å²) < 4.78 is 9.28. The van der Waals surface area contributed by atoms with Crippen LogP contribution in [-0.4, -0.2) is 50.6 Å². The number of benzene rings is 1. The van der Waals surface area contributed by atoms with Crippen molar-refractivity contribution in [3.8, 4) is 0 Å². The maximum Gasteiger partial charge on any atom is 0.337 e. The molecule has 0 radical (unpaired) electrons. The number of amides is 2. The minimum Gasteiger partial charge on any atom is -0.465 e. The van der Waals surface area contributed by atoms with Gasteiger partial charge in [-0.15, -0.1) is 0 Å². The van der Waals surface area contributed by atoms with Crippen molar-refractivity contribution in [2.24, 2.45) is 16.1 Å². The molecule has 2 heterocycles. The van der Waals surface area contributed by atoms with E-state index >= 15 is 0 Å². The van der Waals surface area contributed by atoms with E-state index in [9.17, 15) is 19.2 Å². The first kappa shape index (κ1) is 15.8. The van der Waals surface area contributed by atoms with Crippen molar-refractivity contribution in [3.05, 3.63) is 29.3 Å². The van der Waals surface area contributed by atoms with Gasteiger partial charge in [0.2, 0.25) is 5.91 Å². The van der Waals surface area contributed by atoms with Gasteiger partial charge in [0.15, 0.2) is 6.04 Å². The van der Waals surface area contributed by atoms with Crippen LogP contribution < -0.4 is 4.90 Å². The zero-order chi connectivity index (χ0) is 17.4.